The third-order valence-corrected chi connectivity index (χ3v) is 9.00. The number of hydrogen-bond acceptors (Lipinski definition) is 8. The molecular weight excluding hydrogens is 606 g/mol. The second-order valence-corrected chi connectivity index (χ2v) is 13.7. The highest BCUT2D eigenvalue weighted by atomic mass is 16.7. The first kappa shape index (κ1) is 46.5. The fraction of sp³-hybridized carbons (Fsp3) is 0.950. The van der Waals surface area contributed by atoms with Gasteiger partial charge in [-0.15, -0.1) is 0 Å². The maximum atomic E-state index is 11.8. The molecule has 0 aliphatic heterocycles. The van der Waals surface area contributed by atoms with E-state index in [-0.39, 0.29) is 6.61 Å². The van der Waals surface area contributed by atoms with Crippen molar-refractivity contribution < 1.29 is 33.6 Å². The molecule has 8 heteroatoms. The summed E-state index contributed by atoms with van der Waals surface area (Å²) in [5.41, 5.74) is 0. The zero-order valence-electron chi connectivity index (χ0n) is 31.8. The Bertz CT molecular complexity index is 613. The zero-order chi connectivity index (χ0) is 35.0. The Labute approximate surface area is 296 Å². The largest absolute Gasteiger partial charge is 0.508 e. The van der Waals surface area contributed by atoms with Crippen LogP contribution in [0, 0.1) is 0 Å². The lowest BCUT2D eigenvalue weighted by Crippen LogP contribution is -2.27. The first-order valence-corrected chi connectivity index (χ1v) is 20.6. The van der Waals surface area contributed by atoms with Crippen molar-refractivity contribution in [3.8, 4) is 0 Å². The predicted octanol–water partition coefficient (Wildman–Crippen LogP) is 11.5. The Morgan fingerprint density at radius 3 is 0.917 bits per heavy atom. The molecule has 0 aliphatic carbocycles. The molecule has 1 N–H and O–H groups in total. The van der Waals surface area contributed by atoms with Crippen LogP contribution in [0.3, 0.4) is 0 Å². The first-order valence-electron chi connectivity index (χ1n) is 20.6. The lowest BCUT2D eigenvalue weighted by atomic mass is 10.1. The Hall–Kier alpha value is -1.54. The highest BCUT2D eigenvalue weighted by Crippen LogP contribution is 2.12. The normalized spacial score (nSPS) is 11.2. The van der Waals surface area contributed by atoms with Crippen molar-refractivity contribution >= 4 is 12.3 Å². The Morgan fingerprint density at radius 1 is 0.375 bits per heavy atom. The van der Waals surface area contributed by atoms with Crippen molar-refractivity contribution in [2.45, 2.75) is 194 Å². The minimum Gasteiger partial charge on any atom is -0.434 e. The molecule has 48 heavy (non-hydrogen) atoms. The summed E-state index contributed by atoms with van der Waals surface area (Å²) in [6.45, 7) is 9.65. The molecule has 0 spiro atoms. The Balaban J connectivity index is 3.69. The molecule has 286 valence electrons. The number of unbranched alkanes of at least 4 members (excludes halogenated alkanes) is 23. The number of carbonyl (C=O) groups is 2. The molecule has 0 aliphatic rings. The number of hydrogen-bond donors (Lipinski definition) is 1. The van der Waals surface area contributed by atoms with Crippen LogP contribution in [0.4, 0.5) is 9.59 Å². The SMILES string of the molecule is CCCCCCCCCCCOC(=O)OCCCCCCN(CCCCO)CCCCCCOC(=O)OCCCCCCCCCCC. The van der Waals surface area contributed by atoms with Crippen LogP contribution in [0.15, 0.2) is 0 Å². The summed E-state index contributed by atoms with van der Waals surface area (Å²) in [5.74, 6) is 0. The molecule has 0 bridgehead atoms. The number of aliphatic hydroxyl groups is 1. The highest BCUT2D eigenvalue weighted by molar-refractivity contribution is 5.60. The molecule has 0 saturated heterocycles. The maximum Gasteiger partial charge on any atom is 0.508 e. The predicted molar refractivity (Wildman–Crippen MR) is 199 cm³/mol. The number of rotatable bonds is 38. The molecule has 8 nitrogen and oxygen atoms in total. The fourth-order valence-corrected chi connectivity index (χ4v) is 5.90. The summed E-state index contributed by atoms with van der Waals surface area (Å²) in [4.78, 5) is 26.1. The van der Waals surface area contributed by atoms with Crippen molar-refractivity contribution in [2.24, 2.45) is 0 Å². The van der Waals surface area contributed by atoms with E-state index in [0.29, 0.717) is 26.4 Å². The zero-order valence-corrected chi connectivity index (χ0v) is 31.8. The summed E-state index contributed by atoms with van der Waals surface area (Å²) >= 11 is 0. The summed E-state index contributed by atoms with van der Waals surface area (Å²) in [6, 6.07) is 0. The van der Waals surface area contributed by atoms with Gasteiger partial charge in [0.15, 0.2) is 0 Å². The van der Waals surface area contributed by atoms with Crippen molar-refractivity contribution in [2.75, 3.05) is 52.7 Å². The first-order chi connectivity index (χ1) is 23.6. The van der Waals surface area contributed by atoms with Gasteiger partial charge in [-0.05, 0) is 71.0 Å². The van der Waals surface area contributed by atoms with E-state index < -0.39 is 12.3 Å². The lowest BCUT2D eigenvalue weighted by Gasteiger charge is -2.22. The highest BCUT2D eigenvalue weighted by Gasteiger charge is 2.07. The van der Waals surface area contributed by atoms with Crippen LogP contribution in [0.2, 0.25) is 0 Å². The Kier molecular flexibility index (Phi) is 38.6. The van der Waals surface area contributed by atoms with E-state index in [0.717, 1.165) is 110 Å². The number of carbonyl (C=O) groups excluding carboxylic acids is 2. The van der Waals surface area contributed by atoms with Gasteiger partial charge >= 0.3 is 12.3 Å². The van der Waals surface area contributed by atoms with Gasteiger partial charge in [0.25, 0.3) is 0 Å². The third kappa shape index (κ3) is 37.3. The van der Waals surface area contributed by atoms with Crippen LogP contribution in [0.1, 0.15) is 194 Å². The van der Waals surface area contributed by atoms with E-state index in [1.54, 1.807) is 0 Å². The minimum atomic E-state index is -0.527. The number of nitrogens with zero attached hydrogens (tertiary/aromatic N) is 1. The van der Waals surface area contributed by atoms with Gasteiger partial charge in [0.05, 0.1) is 26.4 Å². The van der Waals surface area contributed by atoms with Crippen LogP contribution in [-0.2, 0) is 18.9 Å². The summed E-state index contributed by atoms with van der Waals surface area (Å²) < 4.78 is 20.9. The molecule has 0 heterocycles. The molecule has 0 fully saturated rings. The monoisotopic (exact) mass is 686 g/mol. The van der Waals surface area contributed by atoms with E-state index >= 15 is 0 Å². The minimum absolute atomic E-state index is 0.247. The van der Waals surface area contributed by atoms with Gasteiger partial charge in [-0.2, -0.15) is 0 Å². The second kappa shape index (κ2) is 39.9. The summed E-state index contributed by atoms with van der Waals surface area (Å²) in [6.07, 6.45) is 31.5. The van der Waals surface area contributed by atoms with E-state index in [4.69, 9.17) is 18.9 Å². The topological polar surface area (TPSA) is 94.5 Å². The van der Waals surface area contributed by atoms with Crippen LogP contribution >= 0.6 is 0 Å². The van der Waals surface area contributed by atoms with Crippen LogP contribution < -0.4 is 0 Å². The molecule has 0 aromatic heterocycles. The van der Waals surface area contributed by atoms with Gasteiger partial charge in [-0.3, -0.25) is 0 Å². The Morgan fingerprint density at radius 2 is 0.625 bits per heavy atom. The number of ether oxygens (including phenoxy) is 4. The van der Waals surface area contributed by atoms with Gasteiger partial charge < -0.3 is 29.0 Å². The van der Waals surface area contributed by atoms with E-state index in [1.807, 2.05) is 0 Å². The molecule has 0 atom stereocenters. The van der Waals surface area contributed by atoms with Crippen LogP contribution in [0.25, 0.3) is 0 Å². The van der Waals surface area contributed by atoms with Crippen molar-refractivity contribution in [1.29, 1.82) is 0 Å². The molecule has 0 aromatic rings. The molecule has 0 radical (unpaired) electrons. The van der Waals surface area contributed by atoms with Gasteiger partial charge in [0.2, 0.25) is 0 Å². The van der Waals surface area contributed by atoms with Gasteiger partial charge in [-0.1, -0.05) is 142 Å². The van der Waals surface area contributed by atoms with Gasteiger partial charge in [0, 0.05) is 6.61 Å². The average Bonchev–Trinajstić information content (AvgIpc) is 3.08. The van der Waals surface area contributed by atoms with Crippen molar-refractivity contribution in [3.63, 3.8) is 0 Å². The third-order valence-electron chi connectivity index (χ3n) is 9.00. The molecule has 0 saturated carbocycles. The average molecular weight is 686 g/mol. The summed E-state index contributed by atoms with van der Waals surface area (Å²) in [5, 5.41) is 9.19. The molecule has 0 amide bonds. The van der Waals surface area contributed by atoms with Crippen LogP contribution in [0.5, 0.6) is 0 Å². The molecule has 0 rings (SSSR count). The lowest BCUT2D eigenvalue weighted by molar-refractivity contribution is 0.0520. The second-order valence-electron chi connectivity index (χ2n) is 13.7. The standard InChI is InChI=1S/C40H79NO7/c1-3-5-7-9-11-13-15-19-27-35-45-39(43)47-37-29-21-17-23-31-41(33-25-26-34-42)32-24-18-22-30-38-48-40(44)46-36-28-20-16-14-12-10-8-6-4-2/h42H,3-38H2,1-2H3. The maximum absolute atomic E-state index is 11.8. The van der Waals surface area contributed by atoms with E-state index in [2.05, 4.69) is 18.7 Å². The van der Waals surface area contributed by atoms with Crippen LogP contribution in [-0.4, -0.2) is 75.0 Å². The molecule has 0 unspecified atom stereocenters. The molecule has 0 aromatic carbocycles. The number of aliphatic hydroxyl groups excluding tert-OH is 1. The fourth-order valence-electron chi connectivity index (χ4n) is 5.90. The quantitative estimate of drug-likeness (QED) is 0.0507. The van der Waals surface area contributed by atoms with E-state index in [1.165, 1.54) is 89.9 Å². The van der Waals surface area contributed by atoms with Gasteiger partial charge in [-0.25, -0.2) is 9.59 Å². The molecular formula is C40H79NO7. The van der Waals surface area contributed by atoms with E-state index in [9.17, 15) is 14.7 Å². The van der Waals surface area contributed by atoms with Crippen molar-refractivity contribution in [3.05, 3.63) is 0 Å². The smallest absolute Gasteiger partial charge is 0.434 e. The summed E-state index contributed by atoms with van der Waals surface area (Å²) in [7, 11) is 0. The van der Waals surface area contributed by atoms with Crippen molar-refractivity contribution in [1.82, 2.24) is 4.90 Å². The van der Waals surface area contributed by atoms with Gasteiger partial charge in [0.1, 0.15) is 0 Å².